The Bertz CT molecular complexity index is 637. The van der Waals surface area contributed by atoms with E-state index in [0.29, 0.717) is 16.9 Å². The molecular weight excluding hydrogens is 260 g/mol. The van der Waals surface area contributed by atoms with E-state index in [9.17, 15) is 0 Å². The summed E-state index contributed by atoms with van der Waals surface area (Å²) in [5.41, 5.74) is 2.03. The first-order chi connectivity index (χ1) is 9.28. The van der Waals surface area contributed by atoms with Crippen LogP contribution in [0.5, 0.6) is 0 Å². The molecule has 96 valence electrons. The minimum absolute atomic E-state index is 0.370. The lowest BCUT2D eigenvalue weighted by molar-refractivity contribution is 0.684. The average molecular weight is 273 g/mol. The minimum Gasteiger partial charge on any atom is -0.310 e. The smallest absolute Gasteiger partial charge is 0.217 e. The van der Waals surface area contributed by atoms with Crippen LogP contribution in [0.2, 0.25) is 5.02 Å². The molecule has 1 aliphatic carbocycles. The highest BCUT2D eigenvalue weighted by atomic mass is 35.5. The van der Waals surface area contributed by atoms with Gasteiger partial charge in [-0.3, -0.25) is 4.57 Å². The Labute approximate surface area is 116 Å². The van der Waals surface area contributed by atoms with Crippen molar-refractivity contribution < 1.29 is 0 Å². The van der Waals surface area contributed by atoms with Crippen molar-refractivity contribution in [3.8, 4) is 11.8 Å². The average Bonchev–Trinajstić information content (AvgIpc) is 3.12. The summed E-state index contributed by atoms with van der Waals surface area (Å²) in [7, 11) is 0. The van der Waals surface area contributed by atoms with Gasteiger partial charge >= 0.3 is 0 Å². The Morgan fingerprint density at radius 3 is 3.05 bits per heavy atom. The third-order valence-corrected chi connectivity index (χ3v) is 3.44. The van der Waals surface area contributed by atoms with E-state index in [-0.39, 0.29) is 0 Å². The zero-order chi connectivity index (χ0) is 13.2. The quantitative estimate of drug-likeness (QED) is 0.931. The predicted molar refractivity (Wildman–Crippen MR) is 73.2 cm³/mol. The number of hydrogen-bond donors (Lipinski definition) is 1. The zero-order valence-electron chi connectivity index (χ0n) is 10.3. The molecule has 3 rings (SSSR count). The highest BCUT2D eigenvalue weighted by molar-refractivity contribution is 6.30. The van der Waals surface area contributed by atoms with E-state index in [2.05, 4.69) is 16.4 Å². The van der Waals surface area contributed by atoms with Crippen molar-refractivity contribution in [2.75, 3.05) is 0 Å². The third kappa shape index (κ3) is 2.62. The van der Waals surface area contributed by atoms with Gasteiger partial charge in [-0.1, -0.05) is 17.7 Å². The first-order valence-electron chi connectivity index (χ1n) is 6.23. The third-order valence-electron chi connectivity index (χ3n) is 3.21. The molecule has 1 aromatic carbocycles. The van der Waals surface area contributed by atoms with E-state index in [0.717, 1.165) is 17.8 Å². The molecule has 1 saturated carbocycles. The number of nitrogens with zero attached hydrogens (tertiary/aromatic N) is 3. The number of aromatic nitrogens is 2. The van der Waals surface area contributed by atoms with Crippen LogP contribution in [0.4, 0.5) is 0 Å². The first-order valence-corrected chi connectivity index (χ1v) is 6.61. The van der Waals surface area contributed by atoms with E-state index < -0.39 is 0 Å². The zero-order valence-corrected chi connectivity index (χ0v) is 11.1. The van der Waals surface area contributed by atoms with Gasteiger partial charge in [0.25, 0.3) is 0 Å². The molecular formula is C14H13ClN4. The molecule has 0 radical (unpaired) electrons. The number of halogens is 1. The van der Waals surface area contributed by atoms with E-state index in [4.69, 9.17) is 16.9 Å². The summed E-state index contributed by atoms with van der Waals surface area (Å²) >= 11 is 6.07. The van der Waals surface area contributed by atoms with Crippen molar-refractivity contribution in [1.29, 1.82) is 5.26 Å². The number of nitriles is 1. The maximum Gasteiger partial charge on any atom is 0.217 e. The minimum atomic E-state index is 0.370. The van der Waals surface area contributed by atoms with Gasteiger partial charge in [0.2, 0.25) is 5.82 Å². The molecule has 5 heteroatoms. The van der Waals surface area contributed by atoms with Crippen LogP contribution in [0.3, 0.4) is 0 Å². The summed E-state index contributed by atoms with van der Waals surface area (Å²) in [5, 5.41) is 13.2. The van der Waals surface area contributed by atoms with Crippen molar-refractivity contribution in [2.24, 2.45) is 0 Å². The van der Waals surface area contributed by atoms with E-state index in [1.165, 1.54) is 12.8 Å². The van der Waals surface area contributed by atoms with Crippen molar-refractivity contribution in [2.45, 2.75) is 25.4 Å². The van der Waals surface area contributed by atoms with Crippen LogP contribution < -0.4 is 5.32 Å². The second-order valence-corrected chi connectivity index (χ2v) is 5.10. The molecule has 0 spiro atoms. The standard InChI is InChI=1S/C14H13ClN4/c15-11-2-1-10(9-18-12-3-4-12)13(7-11)19-6-5-17-14(19)8-16/h1-2,5-7,12,18H,3-4,9H2. The van der Waals surface area contributed by atoms with E-state index in [1.54, 1.807) is 17.0 Å². The Morgan fingerprint density at radius 2 is 2.32 bits per heavy atom. The fraction of sp³-hybridized carbons (Fsp3) is 0.286. The second-order valence-electron chi connectivity index (χ2n) is 4.66. The first kappa shape index (κ1) is 12.2. The summed E-state index contributed by atoms with van der Waals surface area (Å²) in [6.45, 7) is 0.778. The lowest BCUT2D eigenvalue weighted by atomic mass is 10.1. The second kappa shape index (κ2) is 5.04. The van der Waals surface area contributed by atoms with Crippen molar-refractivity contribution in [1.82, 2.24) is 14.9 Å². The van der Waals surface area contributed by atoms with Crippen LogP contribution in [-0.4, -0.2) is 15.6 Å². The SMILES string of the molecule is N#Cc1nccn1-c1cc(Cl)ccc1CNC1CC1. The van der Waals surface area contributed by atoms with Crippen LogP contribution in [0.25, 0.3) is 5.69 Å². The van der Waals surface area contributed by atoms with E-state index in [1.807, 2.05) is 18.2 Å². The van der Waals surface area contributed by atoms with Gasteiger partial charge in [-0.05, 0) is 30.5 Å². The molecule has 0 unspecified atom stereocenters. The van der Waals surface area contributed by atoms with Crippen molar-refractivity contribution >= 4 is 11.6 Å². The number of rotatable bonds is 4. The predicted octanol–water partition coefficient (Wildman–Crippen LogP) is 2.65. The number of hydrogen-bond acceptors (Lipinski definition) is 3. The van der Waals surface area contributed by atoms with Gasteiger partial charge in [-0.15, -0.1) is 0 Å². The molecule has 1 aromatic heterocycles. The molecule has 2 aromatic rings. The van der Waals surface area contributed by atoms with Crippen molar-refractivity contribution in [3.63, 3.8) is 0 Å². The maximum absolute atomic E-state index is 9.08. The molecule has 1 aliphatic rings. The Hall–Kier alpha value is -1.83. The highest BCUT2D eigenvalue weighted by Gasteiger charge is 2.20. The molecule has 0 amide bonds. The van der Waals surface area contributed by atoms with Gasteiger partial charge in [0.05, 0.1) is 5.69 Å². The largest absolute Gasteiger partial charge is 0.310 e. The molecule has 0 saturated heterocycles. The molecule has 1 heterocycles. The number of imidazole rings is 1. The monoisotopic (exact) mass is 272 g/mol. The lowest BCUT2D eigenvalue weighted by Gasteiger charge is -2.12. The Kier molecular flexibility index (Phi) is 3.24. The summed E-state index contributed by atoms with van der Waals surface area (Å²) in [4.78, 5) is 4.03. The summed E-state index contributed by atoms with van der Waals surface area (Å²) < 4.78 is 1.77. The summed E-state index contributed by atoms with van der Waals surface area (Å²) in [6, 6.07) is 8.46. The van der Waals surface area contributed by atoms with Gasteiger partial charge in [-0.25, -0.2) is 4.98 Å². The molecule has 0 aliphatic heterocycles. The van der Waals surface area contributed by atoms with Gasteiger partial charge in [0, 0.05) is 30.0 Å². The lowest BCUT2D eigenvalue weighted by Crippen LogP contribution is -2.17. The number of benzene rings is 1. The fourth-order valence-electron chi connectivity index (χ4n) is 2.03. The fourth-order valence-corrected chi connectivity index (χ4v) is 2.20. The van der Waals surface area contributed by atoms with E-state index >= 15 is 0 Å². The Morgan fingerprint density at radius 1 is 1.47 bits per heavy atom. The van der Waals surface area contributed by atoms with Gasteiger partial charge in [0.15, 0.2) is 0 Å². The van der Waals surface area contributed by atoms with Gasteiger partial charge in [-0.2, -0.15) is 5.26 Å². The molecule has 4 nitrogen and oxygen atoms in total. The molecule has 1 N–H and O–H groups in total. The van der Waals surface area contributed by atoms with Crippen LogP contribution in [0.15, 0.2) is 30.6 Å². The normalized spacial score (nSPS) is 14.3. The molecule has 0 bridgehead atoms. The summed E-state index contributed by atoms with van der Waals surface area (Å²) in [6.07, 6.45) is 5.90. The van der Waals surface area contributed by atoms with Crippen LogP contribution >= 0.6 is 11.6 Å². The van der Waals surface area contributed by atoms with Gasteiger partial charge < -0.3 is 5.32 Å². The summed E-state index contributed by atoms with van der Waals surface area (Å²) in [5.74, 6) is 0.370. The Balaban J connectivity index is 1.97. The van der Waals surface area contributed by atoms with Crippen LogP contribution in [0.1, 0.15) is 24.2 Å². The molecule has 0 atom stereocenters. The molecule has 19 heavy (non-hydrogen) atoms. The number of nitrogens with one attached hydrogen (secondary N) is 1. The molecule has 1 fully saturated rings. The van der Waals surface area contributed by atoms with Crippen LogP contribution in [-0.2, 0) is 6.54 Å². The van der Waals surface area contributed by atoms with Gasteiger partial charge in [0.1, 0.15) is 6.07 Å². The highest BCUT2D eigenvalue weighted by Crippen LogP contribution is 2.24. The van der Waals surface area contributed by atoms with Crippen molar-refractivity contribution in [3.05, 3.63) is 47.0 Å². The topological polar surface area (TPSA) is 53.6 Å². The van der Waals surface area contributed by atoms with Crippen LogP contribution in [0, 0.1) is 11.3 Å². The maximum atomic E-state index is 9.08.